The summed E-state index contributed by atoms with van der Waals surface area (Å²) >= 11 is 0. The fourth-order valence-corrected chi connectivity index (χ4v) is 4.70. The number of amides is 2. The van der Waals surface area contributed by atoms with Gasteiger partial charge in [-0.2, -0.15) is 0 Å². The fourth-order valence-electron chi connectivity index (χ4n) is 4.70. The minimum atomic E-state index is 0.0586. The number of nitrogens with zero attached hydrogens (tertiary/aromatic N) is 2. The van der Waals surface area contributed by atoms with Crippen LogP contribution in [-0.2, 0) is 17.8 Å². The second-order valence-electron chi connectivity index (χ2n) is 9.14. The van der Waals surface area contributed by atoms with E-state index in [1.54, 1.807) is 0 Å². The van der Waals surface area contributed by atoms with E-state index in [4.69, 9.17) is 0 Å². The average molecular weight is 470 g/mol. The third kappa shape index (κ3) is 6.72. The van der Waals surface area contributed by atoms with Crippen molar-refractivity contribution in [1.29, 1.82) is 0 Å². The van der Waals surface area contributed by atoms with Crippen LogP contribution in [-0.4, -0.2) is 42.4 Å². The summed E-state index contributed by atoms with van der Waals surface area (Å²) in [6.45, 7) is 4.91. The quantitative estimate of drug-likeness (QED) is 0.476. The van der Waals surface area contributed by atoms with Crippen molar-refractivity contribution in [2.45, 2.75) is 45.2 Å². The van der Waals surface area contributed by atoms with Crippen molar-refractivity contribution < 1.29 is 9.59 Å². The SMILES string of the molecule is CCN(Cc1ccccc1)C(=O)c1ccccc1N1CCC(NC(=O)CCc2ccccc2)CC1. The number of carbonyl (C=O) groups is 2. The molecule has 0 aliphatic carbocycles. The predicted octanol–water partition coefficient (Wildman–Crippen LogP) is 5.07. The number of para-hydroxylation sites is 1. The molecule has 5 nitrogen and oxygen atoms in total. The average Bonchev–Trinajstić information content (AvgIpc) is 2.92. The van der Waals surface area contributed by atoms with Gasteiger partial charge in [0.25, 0.3) is 5.91 Å². The number of benzene rings is 3. The summed E-state index contributed by atoms with van der Waals surface area (Å²) in [5.41, 5.74) is 4.05. The van der Waals surface area contributed by atoms with Gasteiger partial charge >= 0.3 is 0 Å². The van der Waals surface area contributed by atoms with Gasteiger partial charge in [-0.05, 0) is 49.4 Å². The van der Waals surface area contributed by atoms with Crippen molar-refractivity contribution in [3.63, 3.8) is 0 Å². The van der Waals surface area contributed by atoms with Gasteiger partial charge in [0.15, 0.2) is 0 Å². The smallest absolute Gasteiger partial charge is 0.256 e. The molecule has 2 amide bonds. The van der Waals surface area contributed by atoms with Crippen molar-refractivity contribution in [1.82, 2.24) is 10.2 Å². The second kappa shape index (κ2) is 12.2. The molecule has 1 heterocycles. The first-order chi connectivity index (χ1) is 17.1. The molecule has 0 aromatic heterocycles. The molecule has 4 rings (SSSR count). The van der Waals surface area contributed by atoms with Gasteiger partial charge in [-0.1, -0.05) is 72.8 Å². The van der Waals surface area contributed by atoms with Gasteiger partial charge in [0.2, 0.25) is 5.91 Å². The van der Waals surface area contributed by atoms with Crippen LogP contribution in [0, 0.1) is 0 Å². The molecule has 3 aromatic rings. The molecule has 1 saturated heterocycles. The molecule has 0 saturated carbocycles. The maximum Gasteiger partial charge on any atom is 0.256 e. The van der Waals surface area contributed by atoms with Crippen LogP contribution in [0.4, 0.5) is 5.69 Å². The fraction of sp³-hybridized carbons (Fsp3) is 0.333. The second-order valence-corrected chi connectivity index (χ2v) is 9.14. The highest BCUT2D eigenvalue weighted by atomic mass is 16.2. The maximum atomic E-state index is 13.5. The number of aryl methyl sites for hydroxylation is 1. The highest BCUT2D eigenvalue weighted by Gasteiger charge is 2.25. The minimum absolute atomic E-state index is 0.0586. The first-order valence-electron chi connectivity index (χ1n) is 12.6. The van der Waals surface area contributed by atoms with Gasteiger partial charge in [-0.3, -0.25) is 9.59 Å². The van der Waals surface area contributed by atoms with E-state index >= 15 is 0 Å². The molecule has 0 radical (unpaired) electrons. The molecule has 0 spiro atoms. The highest BCUT2D eigenvalue weighted by molar-refractivity contribution is 5.99. The molecule has 182 valence electrons. The van der Waals surface area contributed by atoms with E-state index in [9.17, 15) is 9.59 Å². The third-order valence-corrected chi connectivity index (χ3v) is 6.70. The summed E-state index contributed by atoms with van der Waals surface area (Å²) in [5, 5.41) is 3.21. The number of nitrogens with one attached hydrogen (secondary N) is 1. The monoisotopic (exact) mass is 469 g/mol. The van der Waals surface area contributed by atoms with Gasteiger partial charge in [-0.25, -0.2) is 0 Å². The third-order valence-electron chi connectivity index (χ3n) is 6.70. The van der Waals surface area contributed by atoms with Crippen molar-refractivity contribution in [3.8, 4) is 0 Å². The Labute approximate surface area is 208 Å². The summed E-state index contributed by atoms with van der Waals surface area (Å²) in [6.07, 6.45) is 3.02. The predicted molar refractivity (Wildman–Crippen MR) is 141 cm³/mol. The Morgan fingerprint density at radius 2 is 1.46 bits per heavy atom. The Morgan fingerprint density at radius 3 is 2.11 bits per heavy atom. The minimum Gasteiger partial charge on any atom is -0.371 e. The van der Waals surface area contributed by atoms with Gasteiger partial charge in [0.05, 0.1) is 5.56 Å². The van der Waals surface area contributed by atoms with E-state index in [0.717, 1.165) is 49.2 Å². The number of carbonyl (C=O) groups excluding carboxylic acids is 2. The zero-order valence-corrected chi connectivity index (χ0v) is 20.5. The van der Waals surface area contributed by atoms with Crippen LogP contribution in [0.3, 0.4) is 0 Å². The zero-order valence-electron chi connectivity index (χ0n) is 20.5. The molecule has 5 heteroatoms. The summed E-state index contributed by atoms with van der Waals surface area (Å²) in [4.78, 5) is 30.1. The number of piperidine rings is 1. The lowest BCUT2D eigenvalue weighted by Gasteiger charge is -2.35. The van der Waals surface area contributed by atoms with E-state index < -0.39 is 0 Å². The highest BCUT2D eigenvalue weighted by Crippen LogP contribution is 2.26. The molecule has 35 heavy (non-hydrogen) atoms. The van der Waals surface area contributed by atoms with E-state index in [2.05, 4.69) is 34.5 Å². The van der Waals surface area contributed by atoms with E-state index in [-0.39, 0.29) is 17.9 Å². The lowest BCUT2D eigenvalue weighted by Crippen LogP contribution is -2.45. The van der Waals surface area contributed by atoms with Crippen LogP contribution >= 0.6 is 0 Å². The van der Waals surface area contributed by atoms with Gasteiger partial charge in [0, 0.05) is 44.3 Å². The van der Waals surface area contributed by atoms with E-state index in [1.807, 2.05) is 72.5 Å². The van der Waals surface area contributed by atoms with Gasteiger partial charge < -0.3 is 15.1 Å². The largest absolute Gasteiger partial charge is 0.371 e. The first-order valence-corrected chi connectivity index (χ1v) is 12.6. The maximum absolute atomic E-state index is 13.5. The normalized spacial score (nSPS) is 13.9. The molecule has 0 bridgehead atoms. The van der Waals surface area contributed by atoms with Gasteiger partial charge in [-0.15, -0.1) is 0 Å². The number of hydrogen-bond donors (Lipinski definition) is 1. The van der Waals surface area contributed by atoms with E-state index in [0.29, 0.717) is 19.5 Å². The summed E-state index contributed by atoms with van der Waals surface area (Å²) in [6, 6.07) is 28.3. The number of hydrogen-bond acceptors (Lipinski definition) is 3. The number of anilines is 1. The summed E-state index contributed by atoms with van der Waals surface area (Å²) < 4.78 is 0. The molecule has 3 aromatic carbocycles. The first kappa shape index (κ1) is 24.5. The van der Waals surface area contributed by atoms with Crippen molar-refractivity contribution >= 4 is 17.5 Å². The molecule has 1 N–H and O–H groups in total. The van der Waals surface area contributed by atoms with Crippen molar-refractivity contribution in [2.24, 2.45) is 0 Å². The Balaban J connectivity index is 1.33. The molecule has 1 aliphatic heterocycles. The van der Waals surface area contributed by atoms with Crippen molar-refractivity contribution in [3.05, 3.63) is 102 Å². The molecule has 1 fully saturated rings. The van der Waals surface area contributed by atoms with Crippen LogP contribution in [0.1, 0.15) is 47.7 Å². The molecule has 0 unspecified atom stereocenters. The van der Waals surface area contributed by atoms with E-state index in [1.165, 1.54) is 5.56 Å². The Hall–Kier alpha value is -3.60. The molecule has 0 atom stereocenters. The van der Waals surface area contributed by atoms with Crippen LogP contribution in [0.2, 0.25) is 0 Å². The topological polar surface area (TPSA) is 52.7 Å². The lowest BCUT2D eigenvalue weighted by atomic mass is 10.0. The van der Waals surface area contributed by atoms with Crippen LogP contribution in [0.15, 0.2) is 84.9 Å². The molecular weight excluding hydrogens is 434 g/mol. The molecular formula is C30H35N3O2. The Bertz CT molecular complexity index is 1090. The van der Waals surface area contributed by atoms with Crippen molar-refractivity contribution in [2.75, 3.05) is 24.5 Å². The Kier molecular flexibility index (Phi) is 8.55. The van der Waals surface area contributed by atoms with Crippen LogP contribution < -0.4 is 10.2 Å². The standard InChI is InChI=1S/C30H35N3O2/c1-2-32(23-25-13-7-4-8-14-25)30(35)27-15-9-10-16-28(27)33-21-19-26(20-22-33)31-29(34)18-17-24-11-5-3-6-12-24/h3-16,26H,2,17-23H2,1H3,(H,31,34). The van der Waals surface area contributed by atoms with Crippen LogP contribution in [0.5, 0.6) is 0 Å². The lowest BCUT2D eigenvalue weighted by molar-refractivity contribution is -0.121. The Morgan fingerprint density at radius 1 is 0.857 bits per heavy atom. The molecule has 1 aliphatic rings. The summed E-state index contributed by atoms with van der Waals surface area (Å²) in [7, 11) is 0. The van der Waals surface area contributed by atoms with Gasteiger partial charge in [0.1, 0.15) is 0 Å². The zero-order chi connectivity index (χ0) is 24.5. The number of rotatable bonds is 9. The van der Waals surface area contributed by atoms with Crippen LogP contribution in [0.25, 0.3) is 0 Å². The summed E-state index contributed by atoms with van der Waals surface area (Å²) in [5.74, 6) is 0.172.